The van der Waals surface area contributed by atoms with E-state index in [4.69, 9.17) is 16.7 Å². The lowest BCUT2D eigenvalue weighted by molar-refractivity contribution is -0.136. The number of aliphatic hydroxyl groups excluding tert-OH is 1. The number of rotatable bonds is 5. The van der Waals surface area contributed by atoms with Gasteiger partial charge in [0.1, 0.15) is 11.4 Å². The SMILES string of the molecule is COC(=O)C1=C(Nc2cc(Cl)c(O)c(Br)c2)C(=O)N(CCO)C1. The molecule has 0 atom stereocenters. The molecule has 1 aromatic carbocycles. The van der Waals surface area contributed by atoms with Gasteiger partial charge in [-0.1, -0.05) is 11.6 Å². The summed E-state index contributed by atoms with van der Waals surface area (Å²) in [5.74, 6) is -1.19. The summed E-state index contributed by atoms with van der Waals surface area (Å²) in [5.41, 5.74) is 0.625. The van der Waals surface area contributed by atoms with Crippen molar-refractivity contribution in [2.24, 2.45) is 0 Å². The summed E-state index contributed by atoms with van der Waals surface area (Å²) in [5, 5.41) is 21.6. The Bertz CT molecular complexity index is 669. The molecule has 7 nitrogen and oxygen atoms in total. The Hall–Kier alpha value is -1.77. The van der Waals surface area contributed by atoms with E-state index in [0.29, 0.717) is 10.2 Å². The third-order valence-electron chi connectivity index (χ3n) is 3.24. The number of anilines is 1. The van der Waals surface area contributed by atoms with Crippen molar-refractivity contribution in [1.29, 1.82) is 0 Å². The molecule has 2 rings (SSSR count). The zero-order chi connectivity index (χ0) is 17.1. The molecule has 9 heteroatoms. The molecular formula is C14H14BrClN2O5. The lowest BCUT2D eigenvalue weighted by atomic mass is 10.2. The number of methoxy groups -OCH3 is 1. The first-order chi connectivity index (χ1) is 10.9. The topological polar surface area (TPSA) is 99.1 Å². The van der Waals surface area contributed by atoms with Crippen molar-refractivity contribution in [2.75, 3.05) is 32.1 Å². The van der Waals surface area contributed by atoms with E-state index in [0.717, 1.165) is 0 Å². The second-order valence-corrected chi connectivity index (χ2v) is 5.97. The Morgan fingerprint density at radius 3 is 2.78 bits per heavy atom. The number of amides is 1. The van der Waals surface area contributed by atoms with E-state index in [1.165, 1.54) is 24.1 Å². The minimum absolute atomic E-state index is 0.0430. The quantitative estimate of drug-likeness (QED) is 0.507. The van der Waals surface area contributed by atoms with E-state index in [1.807, 2.05) is 0 Å². The summed E-state index contributed by atoms with van der Waals surface area (Å²) < 4.78 is 5.03. The highest BCUT2D eigenvalue weighted by Gasteiger charge is 2.34. The molecule has 0 radical (unpaired) electrons. The molecule has 0 spiro atoms. The van der Waals surface area contributed by atoms with Gasteiger partial charge >= 0.3 is 5.97 Å². The highest BCUT2D eigenvalue weighted by atomic mass is 79.9. The van der Waals surface area contributed by atoms with E-state index in [1.54, 1.807) is 0 Å². The number of nitrogens with one attached hydrogen (secondary N) is 1. The van der Waals surface area contributed by atoms with Crippen LogP contribution in [-0.2, 0) is 14.3 Å². The minimum atomic E-state index is -0.634. The summed E-state index contributed by atoms with van der Waals surface area (Å²) >= 11 is 9.03. The molecule has 124 valence electrons. The lowest BCUT2D eigenvalue weighted by Gasteiger charge is -2.15. The van der Waals surface area contributed by atoms with E-state index in [9.17, 15) is 14.7 Å². The Balaban J connectivity index is 2.37. The Morgan fingerprint density at radius 1 is 1.52 bits per heavy atom. The van der Waals surface area contributed by atoms with Crippen LogP contribution in [0.1, 0.15) is 0 Å². The van der Waals surface area contributed by atoms with E-state index < -0.39 is 11.9 Å². The molecule has 0 aromatic heterocycles. The second kappa shape index (κ2) is 7.20. The van der Waals surface area contributed by atoms with Gasteiger partial charge in [-0.05, 0) is 28.1 Å². The average molecular weight is 406 g/mol. The number of aliphatic hydroxyl groups is 1. The number of benzene rings is 1. The van der Waals surface area contributed by atoms with Crippen LogP contribution in [-0.4, -0.2) is 53.8 Å². The van der Waals surface area contributed by atoms with Gasteiger partial charge in [0.2, 0.25) is 0 Å². The Labute approximate surface area is 145 Å². The lowest BCUT2D eigenvalue weighted by Crippen LogP contribution is -2.31. The van der Waals surface area contributed by atoms with Crippen LogP contribution in [0.3, 0.4) is 0 Å². The van der Waals surface area contributed by atoms with Crippen LogP contribution < -0.4 is 5.32 Å². The fourth-order valence-corrected chi connectivity index (χ4v) is 2.92. The van der Waals surface area contributed by atoms with Gasteiger partial charge in [0.15, 0.2) is 0 Å². The normalized spacial score (nSPS) is 14.4. The number of hydrogen-bond acceptors (Lipinski definition) is 6. The summed E-state index contributed by atoms with van der Waals surface area (Å²) in [6, 6.07) is 2.94. The van der Waals surface area contributed by atoms with E-state index in [-0.39, 0.29) is 41.7 Å². The largest absolute Gasteiger partial charge is 0.505 e. The minimum Gasteiger partial charge on any atom is -0.505 e. The first-order valence-electron chi connectivity index (χ1n) is 6.55. The number of halogens is 2. The third kappa shape index (κ3) is 3.60. The van der Waals surface area contributed by atoms with Gasteiger partial charge in [0.05, 0.1) is 35.3 Å². The molecule has 1 aliphatic rings. The average Bonchev–Trinajstić information content (AvgIpc) is 2.81. The third-order valence-corrected chi connectivity index (χ3v) is 4.13. The Morgan fingerprint density at radius 2 is 2.22 bits per heavy atom. The van der Waals surface area contributed by atoms with Crippen LogP contribution in [0.2, 0.25) is 5.02 Å². The van der Waals surface area contributed by atoms with Gasteiger partial charge < -0.3 is 25.2 Å². The maximum absolute atomic E-state index is 12.4. The van der Waals surface area contributed by atoms with E-state index in [2.05, 4.69) is 26.0 Å². The maximum atomic E-state index is 12.4. The predicted octanol–water partition coefficient (Wildman–Crippen LogP) is 1.48. The highest BCUT2D eigenvalue weighted by Crippen LogP contribution is 2.36. The second-order valence-electron chi connectivity index (χ2n) is 4.71. The summed E-state index contributed by atoms with van der Waals surface area (Å²) in [6.45, 7) is -0.0734. The van der Waals surface area contributed by atoms with Gasteiger partial charge in [-0.15, -0.1) is 0 Å². The van der Waals surface area contributed by atoms with Crippen LogP contribution in [0.5, 0.6) is 5.75 Å². The first-order valence-corrected chi connectivity index (χ1v) is 7.72. The molecule has 0 bridgehead atoms. The van der Waals surface area contributed by atoms with Gasteiger partial charge in [0.25, 0.3) is 5.91 Å². The summed E-state index contributed by atoms with van der Waals surface area (Å²) in [4.78, 5) is 25.5. The fraction of sp³-hybridized carbons (Fsp3) is 0.286. The first kappa shape index (κ1) is 17.6. The van der Waals surface area contributed by atoms with Gasteiger partial charge in [0, 0.05) is 12.2 Å². The van der Waals surface area contributed by atoms with Crippen molar-refractivity contribution < 1.29 is 24.5 Å². The zero-order valence-electron chi connectivity index (χ0n) is 12.1. The number of ether oxygens (including phenoxy) is 1. The molecule has 1 aliphatic heterocycles. The molecule has 0 saturated heterocycles. The molecule has 0 fully saturated rings. The van der Waals surface area contributed by atoms with Crippen LogP contribution in [0.25, 0.3) is 0 Å². The molecule has 0 unspecified atom stereocenters. The van der Waals surface area contributed by atoms with Crippen molar-refractivity contribution in [1.82, 2.24) is 4.90 Å². The van der Waals surface area contributed by atoms with Gasteiger partial charge in [-0.25, -0.2) is 4.79 Å². The molecular weight excluding hydrogens is 392 g/mol. The highest BCUT2D eigenvalue weighted by molar-refractivity contribution is 9.10. The van der Waals surface area contributed by atoms with Crippen LogP contribution in [0.15, 0.2) is 27.9 Å². The number of hydrogen-bond donors (Lipinski definition) is 3. The number of phenols is 1. The fourth-order valence-electron chi connectivity index (χ4n) is 2.13. The molecule has 23 heavy (non-hydrogen) atoms. The number of β-amino-alcohol motifs (C(OH)–C–C–N with tert-alkyl or cyclic N) is 1. The number of carbonyl (C=O) groups excluding carboxylic acids is 2. The molecule has 1 amide bonds. The smallest absolute Gasteiger partial charge is 0.337 e. The van der Waals surface area contributed by atoms with Crippen LogP contribution in [0.4, 0.5) is 5.69 Å². The van der Waals surface area contributed by atoms with Crippen molar-refractivity contribution in [3.63, 3.8) is 0 Å². The number of nitrogens with zero attached hydrogens (tertiary/aromatic N) is 1. The van der Waals surface area contributed by atoms with Crippen LogP contribution in [0, 0.1) is 0 Å². The number of aromatic hydroxyl groups is 1. The van der Waals surface area contributed by atoms with Crippen molar-refractivity contribution in [2.45, 2.75) is 0 Å². The van der Waals surface area contributed by atoms with E-state index >= 15 is 0 Å². The summed E-state index contributed by atoms with van der Waals surface area (Å²) in [6.07, 6.45) is 0. The molecule has 0 aliphatic carbocycles. The van der Waals surface area contributed by atoms with Crippen molar-refractivity contribution in [3.05, 3.63) is 32.9 Å². The Kier molecular flexibility index (Phi) is 5.51. The number of carbonyl (C=O) groups is 2. The summed E-state index contributed by atoms with van der Waals surface area (Å²) in [7, 11) is 1.22. The number of phenolic OH excluding ortho intramolecular Hbond substituents is 1. The molecule has 3 N–H and O–H groups in total. The van der Waals surface area contributed by atoms with Gasteiger partial charge in [-0.2, -0.15) is 0 Å². The monoisotopic (exact) mass is 404 g/mol. The standard InChI is InChI=1S/C14H14BrClN2O5/c1-23-14(22)8-6-18(2-3-19)13(21)11(8)17-7-4-9(15)12(20)10(16)5-7/h4-5,17,19-20H,2-3,6H2,1H3. The van der Waals surface area contributed by atoms with Crippen LogP contribution >= 0.6 is 27.5 Å². The molecule has 1 heterocycles. The molecule has 1 aromatic rings. The molecule has 0 saturated carbocycles. The van der Waals surface area contributed by atoms with Gasteiger partial charge in [-0.3, -0.25) is 4.79 Å². The zero-order valence-corrected chi connectivity index (χ0v) is 14.4. The maximum Gasteiger partial charge on any atom is 0.337 e. The number of esters is 1. The van der Waals surface area contributed by atoms with Crippen molar-refractivity contribution in [3.8, 4) is 5.75 Å². The van der Waals surface area contributed by atoms with Crippen molar-refractivity contribution >= 4 is 45.1 Å². The predicted molar refractivity (Wildman–Crippen MR) is 87.1 cm³/mol.